The van der Waals surface area contributed by atoms with Crippen molar-refractivity contribution in [3.8, 4) is 0 Å². The first-order valence-electron chi connectivity index (χ1n) is 6.02. The zero-order valence-corrected chi connectivity index (χ0v) is 11.0. The number of hydrogen-bond donors (Lipinski definition) is 1. The summed E-state index contributed by atoms with van der Waals surface area (Å²) < 4.78 is 0. The molecule has 2 unspecified atom stereocenters. The van der Waals surface area contributed by atoms with E-state index >= 15 is 0 Å². The van der Waals surface area contributed by atoms with Crippen molar-refractivity contribution in [2.45, 2.75) is 38.8 Å². The molecule has 1 heterocycles. The third kappa shape index (κ3) is 2.62. The lowest BCUT2D eigenvalue weighted by molar-refractivity contribution is 0.192. The number of nitrogens with zero attached hydrogens (tertiary/aromatic N) is 2. The number of hydrogen-bond acceptors (Lipinski definition) is 4. The van der Waals surface area contributed by atoms with Crippen LogP contribution in [0.5, 0.6) is 0 Å². The van der Waals surface area contributed by atoms with Crippen LogP contribution in [0.15, 0.2) is 5.38 Å². The van der Waals surface area contributed by atoms with Crippen molar-refractivity contribution in [1.82, 2.24) is 9.88 Å². The topological polar surface area (TPSA) is 42.1 Å². The van der Waals surface area contributed by atoms with Gasteiger partial charge in [0.05, 0.1) is 6.54 Å². The summed E-state index contributed by atoms with van der Waals surface area (Å²) in [5.41, 5.74) is 6.95. The standard InChI is InChI=1S/C12H21N3S/c1-9-8-16-12(14-9)7-15(2)11-5-3-4-10(11)6-13/h8,10-11H,3-7,13H2,1-2H3. The monoisotopic (exact) mass is 239 g/mol. The second-order valence-electron chi connectivity index (χ2n) is 4.79. The molecule has 1 aromatic heterocycles. The van der Waals surface area contributed by atoms with E-state index in [1.807, 2.05) is 0 Å². The maximum atomic E-state index is 5.82. The maximum absolute atomic E-state index is 5.82. The summed E-state index contributed by atoms with van der Waals surface area (Å²) >= 11 is 1.76. The summed E-state index contributed by atoms with van der Waals surface area (Å²) in [7, 11) is 2.20. The van der Waals surface area contributed by atoms with Crippen LogP contribution in [0.2, 0.25) is 0 Å². The summed E-state index contributed by atoms with van der Waals surface area (Å²) in [5, 5.41) is 3.35. The van der Waals surface area contributed by atoms with Gasteiger partial charge in [-0.25, -0.2) is 4.98 Å². The molecule has 2 rings (SSSR count). The van der Waals surface area contributed by atoms with Crippen LogP contribution in [0.4, 0.5) is 0 Å². The van der Waals surface area contributed by atoms with Gasteiger partial charge in [0.25, 0.3) is 0 Å². The van der Waals surface area contributed by atoms with Crippen molar-refractivity contribution >= 4 is 11.3 Å². The molecule has 4 heteroatoms. The molecule has 0 aliphatic heterocycles. The highest BCUT2D eigenvalue weighted by Crippen LogP contribution is 2.29. The van der Waals surface area contributed by atoms with Gasteiger partial charge in [0.15, 0.2) is 0 Å². The third-order valence-electron chi connectivity index (χ3n) is 3.54. The lowest BCUT2D eigenvalue weighted by Crippen LogP contribution is -2.37. The third-order valence-corrected chi connectivity index (χ3v) is 4.49. The molecule has 0 aromatic carbocycles. The van der Waals surface area contributed by atoms with Gasteiger partial charge in [0, 0.05) is 17.1 Å². The van der Waals surface area contributed by atoms with Gasteiger partial charge in [-0.3, -0.25) is 4.90 Å². The van der Waals surface area contributed by atoms with Crippen LogP contribution in [-0.4, -0.2) is 29.5 Å². The Morgan fingerprint density at radius 1 is 1.56 bits per heavy atom. The van der Waals surface area contributed by atoms with E-state index in [-0.39, 0.29) is 0 Å². The van der Waals surface area contributed by atoms with Crippen molar-refractivity contribution in [1.29, 1.82) is 0 Å². The minimum atomic E-state index is 0.661. The van der Waals surface area contributed by atoms with Gasteiger partial charge < -0.3 is 5.73 Å². The molecule has 1 aromatic rings. The molecular weight excluding hydrogens is 218 g/mol. The van der Waals surface area contributed by atoms with Crippen LogP contribution in [0.1, 0.15) is 30.0 Å². The zero-order valence-electron chi connectivity index (χ0n) is 10.1. The zero-order chi connectivity index (χ0) is 11.5. The summed E-state index contributed by atoms with van der Waals surface area (Å²) in [5.74, 6) is 0.686. The normalized spacial score (nSPS) is 25.5. The van der Waals surface area contributed by atoms with Gasteiger partial charge in [0.1, 0.15) is 5.01 Å². The Bertz CT molecular complexity index is 337. The van der Waals surface area contributed by atoms with Crippen molar-refractivity contribution in [3.63, 3.8) is 0 Å². The number of thiazole rings is 1. The van der Waals surface area contributed by atoms with E-state index in [9.17, 15) is 0 Å². The molecule has 0 spiro atoms. The lowest BCUT2D eigenvalue weighted by Gasteiger charge is -2.28. The summed E-state index contributed by atoms with van der Waals surface area (Å²) in [6, 6.07) is 0.661. The minimum Gasteiger partial charge on any atom is -0.330 e. The van der Waals surface area contributed by atoms with E-state index in [0.29, 0.717) is 12.0 Å². The van der Waals surface area contributed by atoms with Gasteiger partial charge in [-0.05, 0) is 39.3 Å². The molecule has 0 radical (unpaired) electrons. The van der Waals surface area contributed by atoms with Gasteiger partial charge in [0.2, 0.25) is 0 Å². The SMILES string of the molecule is Cc1csc(CN(C)C2CCCC2CN)n1. The summed E-state index contributed by atoms with van der Waals surface area (Å²) in [4.78, 5) is 6.95. The lowest BCUT2D eigenvalue weighted by atomic mass is 10.0. The molecule has 0 saturated heterocycles. The van der Waals surface area contributed by atoms with Crippen LogP contribution in [0, 0.1) is 12.8 Å². The van der Waals surface area contributed by atoms with E-state index in [4.69, 9.17) is 5.73 Å². The molecule has 1 fully saturated rings. The van der Waals surface area contributed by atoms with Crippen LogP contribution < -0.4 is 5.73 Å². The van der Waals surface area contributed by atoms with Gasteiger partial charge >= 0.3 is 0 Å². The highest BCUT2D eigenvalue weighted by Gasteiger charge is 2.29. The van der Waals surface area contributed by atoms with E-state index in [1.54, 1.807) is 11.3 Å². The van der Waals surface area contributed by atoms with E-state index in [2.05, 4.69) is 29.2 Å². The molecule has 0 bridgehead atoms. The summed E-state index contributed by atoms with van der Waals surface area (Å²) in [6.07, 6.45) is 3.92. The number of rotatable bonds is 4. The van der Waals surface area contributed by atoms with Gasteiger partial charge in [-0.15, -0.1) is 11.3 Å². The van der Waals surface area contributed by atoms with E-state index < -0.39 is 0 Å². The highest BCUT2D eigenvalue weighted by molar-refractivity contribution is 7.09. The quantitative estimate of drug-likeness (QED) is 0.874. The number of aromatic nitrogens is 1. The Balaban J connectivity index is 1.94. The van der Waals surface area contributed by atoms with Crippen molar-refractivity contribution < 1.29 is 0 Å². The fraction of sp³-hybridized carbons (Fsp3) is 0.750. The predicted molar refractivity (Wildman–Crippen MR) is 68.5 cm³/mol. The minimum absolute atomic E-state index is 0.661. The molecule has 1 saturated carbocycles. The fourth-order valence-corrected chi connectivity index (χ4v) is 3.51. The molecule has 0 amide bonds. The Morgan fingerprint density at radius 2 is 2.38 bits per heavy atom. The number of aryl methyl sites for hydroxylation is 1. The molecule has 1 aliphatic carbocycles. The molecule has 90 valence electrons. The Hall–Kier alpha value is -0.450. The molecule has 2 atom stereocenters. The molecule has 3 nitrogen and oxygen atoms in total. The van der Waals surface area contributed by atoms with Crippen LogP contribution in [-0.2, 0) is 6.54 Å². The highest BCUT2D eigenvalue weighted by atomic mass is 32.1. The second-order valence-corrected chi connectivity index (χ2v) is 5.73. The Kier molecular flexibility index (Phi) is 3.95. The Morgan fingerprint density at radius 3 is 3.00 bits per heavy atom. The fourth-order valence-electron chi connectivity index (χ4n) is 2.68. The maximum Gasteiger partial charge on any atom is 0.107 e. The van der Waals surface area contributed by atoms with Gasteiger partial charge in [-0.1, -0.05) is 6.42 Å². The van der Waals surface area contributed by atoms with E-state index in [0.717, 1.165) is 18.8 Å². The van der Waals surface area contributed by atoms with Crippen molar-refractivity contribution in [2.75, 3.05) is 13.6 Å². The van der Waals surface area contributed by atoms with Crippen LogP contribution >= 0.6 is 11.3 Å². The number of nitrogens with two attached hydrogens (primary N) is 1. The summed E-state index contributed by atoms with van der Waals surface area (Å²) in [6.45, 7) is 3.85. The van der Waals surface area contributed by atoms with Crippen LogP contribution in [0.3, 0.4) is 0 Å². The molecular formula is C12H21N3S. The van der Waals surface area contributed by atoms with Crippen LogP contribution in [0.25, 0.3) is 0 Å². The predicted octanol–water partition coefficient (Wildman–Crippen LogP) is 2.01. The van der Waals surface area contributed by atoms with Crippen molar-refractivity contribution in [2.24, 2.45) is 11.7 Å². The smallest absolute Gasteiger partial charge is 0.107 e. The second kappa shape index (κ2) is 5.25. The molecule has 1 aliphatic rings. The average molecular weight is 239 g/mol. The molecule has 2 N–H and O–H groups in total. The first-order valence-corrected chi connectivity index (χ1v) is 6.90. The first-order chi connectivity index (χ1) is 7.70. The van der Waals surface area contributed by atoms with Crippen molar-refractivity contribution in [3.05, 3.63) is 16.1 Å². The Labute approximate surface area is 102 Å². The van der Waals surface area contributed by atoms with Gasteiger partial charge in [-0.2, -0.15) is 0 Å². The molecule has 16 heavy (non-hydrogen) atoms. The largest absolute Gasteiger partial charge is 0.330 e. The van der Waals surface area contributed by atoms with E-state index in [1.165, 1.54) is 24.3 Å². The first kappa shape index (κ1) is 12.0. The average Bonchev–Trinajstić information content (AvgIpc) is 2.86.